The fraction of sp³-hybridized carbons (Fsp3) is 0.333. The van der Waals surface area contributed by atoms with E-state index in [9.17, 15) is 9.59 Å². The Morgan fingerprint density at radius 1 is 1.14 bits per heavy atom. The number of hydrogen-bond acceptors (Lipinski definition) is 2. The molecular formula is C12H14O2. The largest absolute Gasteiger partial charge is 0.300 e. The monoisotopic (exact) mass is 190 g/mol. The fourth-order valence-corrected chi connectivity index (χ4v) is 1.31. The van der Waals surface area contributed by atoms with Gasteiger partial charge in [-0.1, -0.05) is 24.3 Å². The summed E-state index contributed by atoms with van der Waals surface area (Å²) in [6, 6.07) is 7.45. The predicted octanol–water partition coefficient (Wildman–Crippen LogP) is 2.55. The third kappa shape index (κ3) is 2.80. The molecule has 0 unspecified atom stereocenters. The van der Waals surface area contributed by atoms with E-state index in [0.717, 1.165) is 11.1 Å². The average molecular weight is 190 g/mol. The van der Waals surface area contributed by atoms with Gasteiger partial charge in [-0.05, 0) is 19.4 Å². The summed E-state index contributed by atoms with van der Waals surface area (Å²) in [4.78, 5) is 22.3. The van der Waals surface area contributed by atoms with Crippen LogP contribution in [0.25, 0.3) is 0 Å². The van der Waals surface area contributed by atoms with Crippen LogP contribution in [0.5, 0.6) is 0 Å². The van der Waals surface area contributed by atoms with Crippen LogP contribution in [0, 0.1) is 6.92 Å². The molecule has 1 aromatic carbocycles. The van der Waals surface area contributed by atoms with Crippen LogP contribution in [-0.2, 0) is 4.79 Å². The molecule has 0 bridgehead atoms. The van der Waals surface area contributed by atoms with E-state index in [0.29, 0.717) is 12.8 Å². The molecule has 14 heavy (non-hydrogen) atoms. The zero-order chi connectivity index (χ0) is 10.6. The molecule has 0 fully saturated rings. The standard InChI is InChI=1S/C12H14O2/c1-9-5-3-4-6-11(9)12(14)8-7-10(2)13/h3-6H,7-8H2,1-2H3. The number of carbonyl (C=O) groups excluding carboxylic acids is 2. The van der Waals surface area contributed by atoms with E-state index in [1.807, 2.05) is 25.1 Å². The van der Waals surface area contributed by atoms with Crippen LogP contribution in [0.3, 0.4) is 0 Å². The van der Waals surface area contributed by atoms with Gasteiger partial charge in [-0.25, -0.2) is 0 Å². The number of rotatable bonds is 4. The van der Waals surface area contributed by atoms with Gasteiger partial charge in [0.25, 0.3) is 0 Å². The molecule has 0 atom stereocenters. The minimum absolute atomic E-state index is 0.0540. The Morgan fingerprint density at radius 3 is 2.36 bits per heavy atom. The maximum Gasteiger partial charge on any atom is 0.163 e. The van der Waals surface area contributed by atoms with Crippen molar-refractivity contribution >= 4 is 11.6 Å². The lowest BCUT2D eigenvalue weighted by atomic mass is 10.0. The second kappa shape index (κ2) is 4.70. The Kier molecular flexibility index (Phi) is 3.57. The van der Waals surface area contributed by atoms with E-state index < -0.39 is 0 Å². The first-order valence-electron chi connectivity index (χ1n) is 4.69. The number of aryl methyl sites for hydroxylation is 1. The Bertz CT molecular complexity index is 353. The maximum atomic E-state index is 11.6. The van der Waals surface area contributed by atoms with Crippen LogP contribution in [0.1, 0.15) is 35.7 Å². The van der Waals surface area contributed by atoms with Gasteiger partial charge in [0.05, 0.1) is 0 Å². The molecule has 0 amide bonds. The van der Waals surface area contributed by atoms with Crippen molar-refractivity contribution in [2.75, 3.05) is 0 Å². The predicted molar refractivity (Wildman–Crippen MR) is 55.4 cm³/mol. The normalized spacial score (nSPS) is 9.86. The van der Waals surface area contributed by atoms with Crippen LogP contribution in [-0.4, -0.2) is 11.6 Å². The summed E-state index contributed by atoms with van der Waals surface area (Å²) in [5.74, 6) is 0.116. The fourth-order valence-electron chi connectivity index (χ4n) is 1.31. The highest BCUT2D eigenvalue weighted by Gasteiger charge is 2.08. The van der Waals surface area contributed by atoms with Crippen LogP contribution < -0.4 is 0 Å². The van der Waals surface area contributed by atoms with E-state index >= 15 is 0 Å². The second-order valence-electron chi connectivity index (χ2n) is 3.44. The molecule has 74 valence electrons. The molecule has 0 aliphatic heterocycles. The molecule has 0 heterocycles. The highest BCUT2D eigenvalue weighted by molar-refractivity contribution is 5.99. The molecule has 0 aromatic heterocycles. The SMILES string of the molecule is CC(=O)CCC(=O)c1ccccc1C. The van der Waals surface area contributed by atoms with Crippen LogP contribution in [0.15, 0.2) is 24.3 Å². The highest BCUT2D eigenvalue weighted by Crippen LogP contribution is 2.10. The number of Topliss-reactive ketones (excluding diaryl/α,β-unsaturated/α-hetero) is 2. The molecule has 2 heteroatoms. The third-order valence-electron chi connectivity index (χ3n) is 2.15. The first-order valence-corrected chi connectivity index (χ1v) is 4.69. The van der Waals surface area contributed by atoms with Crippen molar-refractivity contribution in [3.8, 4) is 0 Å². The Hall–Kier alpha value is -1.44. The molecule has 0 aliphatic rings. The van der Waals surface area contributed by atoms with Gasteiger partial charge in [-0.3, -0.25) is 4.79 Å². The van der Waals surface area contributed by atoms with Crippen molar-refractivity contribution in [1.82, 2.24) is 0 Å². The van der Waals surface area contributed by atoms with E-state index in [1.165, 1.54) is 6.92 Å². The smallest absolute Gasteiger partial charge is 0.163 e. The van der Waals surface area contributed by atoms with Crippen LogP contribution in [0.4, 0.5) is 0 Å². The van der Waals surface area contributed by atoms with Crippen molar-refractivity contribution < 1.29 is 9.59 Å². The van der Waals surface area contributed by atoms with Gasteiger partial charge in [0.2, 0.25) is 0 Å². The maximum absolute atomic E-state index is 11.6. The van der Waals surface area contributed by atoms with Crippen LogP contribution >= 0.6 is 0 Å². The topological polar surface area (TPSA) is 34.1 Å². The molecule has 0 spiro atoms. The minimum Gasteiger partial charge on any atom is -0.300 e. The summed E-state index contributed by atoms with van der Waals surface area (Å²) < 4.78 is 0. The first kappa shape index (κ1) is 10.6. The van der Waals surface area contributed by atoms with Crippen molar-refractivity contribution in [2.24, 2.45) is 0 Å². The van der Waals surface area contributed by atoms with E-state index in [2.05, 4.69) is 0 Å². The van der Waals surface area contributed by atoms with Gasteiger partial charge < -0.3 is 4.79 Å². The summed E-state index contributed by atoms with van der Waals surface area (Å²) in [5, 5.41) is 0. The van der Waals surface area contributed by atoms with Crippen molar-refractivity contribution in [2.45, 2.75) is 26.7 Å². The number of benzene rings is 1. The Balaban J connectivity index is 2.70. The lowest BCUT2D eigenvalue weighted by Gasteiger charge is -2.02. The summed E-state index contributed by atoms with van der Waals surface area (Å²) in [5.41, 5.74) is 1.70. The zero-order valence-electron chi connectivity index (χ0n) is 8.54. The molecule has 2 nitrogen and oxygen atoms in total. The van der Waals surface area contributed by atoms with Crippen LogP contribution in [0.2, 0.25) is 0 Å². The third-order valence-corrected chi connectivity index (χ3v) is 2.15. The van der Waals surface area contributed by atoms with Gasteiger partial charge >= 0.3 is 0 Å². The summed E-state index contributed by atoms with van der Waals surface area (Å²) in [7, 11) is 0. The van der Waals surface area contributed by atoms with E-state index in [1.54, 1.807) is 6.07 Å². The molecule has 1 rings (SSSR count). The zero-order valence-corrected chi connectivity index (χ0v) is 8.54. The van der Waals surface area contributed by atoms with Gasteiger partial charge in [0.1, 0.15) is 5.78 Å². The molecular weight excluding hydrogens is 176 g/mol. The van der Waals surface area contributed by atoms with E-state index in [-0.39, 0.29) is 11.6 Å². The lowest BCUT2D eigenvalue weighted by Crippen LogP contribution is -2.03. The number of hydrogen-bond donors (Lipinski definition) is 0. The average Bonchev–Trinajstić information content (AvgIpc) is 2.15. The summed E-state index contributed by atoms with van der Waals surface area (Å²) in [6.45, 7) is 3.41. The van der Waals surface area contributed by atoms with Gasteiger partial charge in [0, 0.05) is 18.4 Å². The molecule has 0 N–H and O–H groups in total. The highest BCUT2D eigenvalue weighted by atomic mass is 16.1. The molecule has 0 aliphatic carbocycles. The minimum atomic E-state index is 0.0540. The van der Waals surface area contributed by atoms with E-state index in [4.69, 9.17) is 0 Å². The molecule has 1 aromatic rings. The molecule has 0 saturated heterocycles. The summed E-state index contributed by atoms with van der Waals surface area (Å²) in [6.07, 6.45) is 0.660. The second-order valence-corrected chi connectivity index (χ2v) is 3.44. The molecule has 0 saturated carbocycles. The molecule has 0 radical (unpaired) electrons. The lowest BCUT2D eigenvalue weighted by molar-refractivity contribution is -0.116. The van der Waals surface area contributed by atoms with Gasteiger partial charge in [-0.15, -0.1) is 0 Å². The quantitative estimate of drug-likeness (QED) is 0.684. The first-order chi connectivity index (χ1) is 6.61. The van der Waals surface area contributed by atoms with Gasteiger partial charge in [0.15, 0.2) is 5.78 Å². The summed E-state index contributed by atoms with van der Waals surface area (Å²) >= 11 is 0. The number of ketones is 2. The van der Waals surface area contributed by atoms with Crippen molar-refractivity contribution in [1.29, 1.82) is 0 Å². The Morgan fingerprint density at radius 2 is 1.79 bits per heavy atom. The Labute approximate surface area is 83.9 Å². The van der Waals surface area contributed by atoms with Gasteiger partial charge in [-0.2, -0.15) is 0 Å². The van der Waals surface area contributed by atoms with Crippen molar-refractivity contribution in [3.63, 3.8) is 0 Å². The van der Waals surface area contributed by atoms with Crippen molar-refractivity contribution in [3.05, 3.63) is 35.4 Å². The number of carbonyl (C=O) groups is 2.